The summed E-state index contributed by atoms with van der Waals surface area (Å²) in [4.78, 5) is 17.0. The molecule has 0 aliphatic carbocycles. The summed E-state index contributed by atoms with van der Waals surface area (Å²) in [6, 6.07) is 7.78. The fourth-order valence-electron chi connectivity index (χ4n) is 2.07. The molecule has 0 aliphatic heterocycles. The van der Waals surface area contributed by atoms with Gasteiger partial charge in [-0.15, -0.1) is 0 Å². The molecule has 0 amide bonds. The number of rotatable bonds is 6. The summed E-state index contributed by atoms with van der Waals surface area (Å²) in [7, 11) is 4.15. The molecule has 0 bridgehead atoms. The number of H-pyrrole nitrogens is 1. The molecule has 1 aromatic heterocycles. The maximum Gasteiger partial charge on any atom is 0.326 e. The monoisotopic (exact) mass is 276 g/mol. The fraction of sp³-hybridized carbons (Fsp3) is 0.533. The van der Waals surface area contributed by atoms with Crippen molar-refractivity contribution in [1.82, 2.24) is 19.8 Å². The Hall–Kier alpha value is -1.59. The molecule has 0 saturated carbocycles. The molecule has 1 aromatic carbocycles. The zero-order valence-electron chi connectivity index (χ0n) is 12.7. The Kier molecular flexibility index (Phi) is 4.30. The first-order chi connectivity index (χ1) is 9.42. The number of fused-ring (bicyclic) bond motifs is 1. The van der Waals surface area contributed by atoms with Gasteiger partial charge in [0.15, 0.2) is 0 Å². The summed E-state index contributed by atoms with van der Waals surface area (Å²) in [5.41, 5.74) is 1.92. The van der Waals surface area contributed by atoms with Crippen molar-refractivity contribution < 1.29 is 0 Å². The Morgan fingerprint density at radius 3 is 2.70 bits per heavy atom. The zero-order valence-corrected chi connectivity index (χ0v) is 12.7. The van der Waals surface area contributed by atoms with Crippen molar-refractivity contribution in [3.8, 4) is 0 Å². The van der Waals surface area contributed by atoms with E-state index >= 15 is 0 Å². The largest absolute Gasteiger partial charge is 0.326 e. The van der Waals surface area contributed by atoms with Crippen LogP contribution < -0.4 is 11.0 Å². The van der Waals surface area contributed by atoms with E-state index in [1.165, 1.54) is 0 Å². The number of hydrogen-bond donors (Lipinski definition) is 2. The predicted octanol–water partition coefficient (Wildman–Crippen LogP) is 1.26. The highest BCUT2D eigenvalue weighted by Crippen LogP contribution is 2.09. The van der Waals surface area contributed by atoms with Crippen LogP contribution in [-0.4, -0.2) is 47.2 Å². The van der Waals surface area contributed by atoms with Gasteiger partial charge >= 0.3 is 5.69 Å². The van der Waals surface area contributed by atoms with Crippen LogP contribution >= 0.6 is 0 Å². The lowest BCUT2D eigenvalue weighted by Gasteiger charge is -2.32. The van der Waals surface area contributed by atoms with Crippen molar-refractivity contribution in [2.75, 3.05) is 27.2 Å². The molecule has 20 heavy (non-hydrogen) atoms. The molecule has 2 N–H and O–H groups in total. The summed E-state index contributed by atoms with van der Waals surface area (Å²) < 4.78 is 1.78. The first-order valence-electron chi connectivity index (χ1n) is 6.97. The van der Waals surface area contributed by atoms with Gasteiger partial charge in [-0.3, -0.25) is 4.57 Å². The van der Waals surface area contributed by atoms with Crippen molar-refractivity contribution >= 4 is 11.0 Å². The molecule has 5 nitrogen and oxygen atoms in total. The highest BCUT2D eigenvalue weighted by atomic mass is 16.1. The van der Waals surface area contributed by atoms with Gasteiger partial charge in [0.1, 0.15) is 0 Å². The molecular formula is C15H24N4O. The van der Waals surface area contributed by atoms with Crippen LogP contribution in [0.15, 0.2) is 29.1 Å². The van der Waals surface area contributed by atoms with Gasteiger partial charge in [-0.05, 0) is 40.1 Å². The summed E-state index contributed by atoms with van der Waals surface area (Å²) in [5, 5.41) is 3.42. The normalized spacial score (nSPS) is 12.4. The smallest absolute Gasteiger partial charge is 0.313 e. The second-order valence-corrected chi connectivity index (χ2v) is 5.98. The first kappa shape index (κ1) is 14.8. The van der Waals surface area contributed by atoms with E-state index in [0.29, 0.717) is 6.54 Å². The molecule has 0 fully saturated rings. The summed E-state index contributed by atoms with van der Waals surface area (Å²) in [6.07, 6.45) is 0. The van der Waals surface area contributed by atoms with E-state index in [4.69, 9.17) is 0 Å². The molecule has 0 spiro atoms. The quantitative estimate of drug-likeness (QED) is 0.781. The maximum atomic E-state index is 11.9. The van der Waals surface area contributed by atoms with Gasteiger partial charge in [0, 0.05) is 25.2 Å². The number of likely N-dealkylation sites (N-methyl/N-ethyl adjacent to an activating group) is 1. The Morgan fingerprint density at radius 1 is 1.30 bits per heavy atom. The van der Waals surface area contributed by atoms with Crippen LogP contribution in [0.3, 0.4) is 0 Å². The van der Waals surface area contributed by atoms with E-state index < -0.39 is 0 Å². The molecule has 5 heteroatoms. The van der Waals surface area contributed by atoms with Crippen molar-refractivity contribution in [2.24, 2.45) is 0 Å². The lowest BCUT2D eigenvalue weighted by atomic mass is 10.0. The Balaban J connectivity index is 1.97. The number of nitrogens with zero attached hydrogens (tertiary/aromatic N) is 2. The fourth-order valence-corrected chi connectivity index (χ4v) is 2.07. The number of nitrogens with one attached hydrogen (secondary N) is 2. The third-order valence-electron chi connectivity index (χ3n) is 3.96. The van der Waals surface area contributed by atoms with Gasteiger partial charge in [-0.25, -0.2) is 4.79 Å². The summed E-state index contributed by atoms with van der Waals surface area (Å²) in [5.74, 6) is 0. The molecule has 0 saturated heterocycles. The Bertz CT molecular complexity index is 624. The van der Waals surface area contributed by atoms with Gasteiger partial charge in [0.05, 0.1) is 11.0 Å². The van der Waals surface area contributed by atoms with Crippen molar-refractivity contribution in [1.29, 1.82) is 0 Å². The predicted molar refractivity (Wildman–Crippen MR) is 83.2 cm³/mol. The average molecular weight is 276 g/mol. The molecule has 2 rings (SSSR count). The first-order valence-corrected chi connectivity index (χ1v) is 6.97. The SMILES string of the molecule is CN(C)C(C)(C)CNCCn1c(=O)[nH]c2ccccc21. The van der Waals surface area contributed by atoms with Crippen LogP contribution in [0.4, 0.5) is 0 Å². The second-order valence-electron chi connectivity index (χ2n) is 5.98. The molecule has 0 unspecified atom stereocenters. The van der Waals surface area contributed by atoms with E-state index in [0.717, 1.165) is 24.1 Å². The molecule has 1 heterocycles. The lowest BCUT2D eigenvalue weighted by Crippen LogP contribution is -2.47. The minimum absolute atomic E-state index is 0.0418. The number of benzene rings is 1. The van der Waals surface area contributed by atoms with E-state index in [1.54, 1.807) is 4.57 Å². The molecular weight excluding hydrogens is 252 g/mol. The van der Waals surface area contributed by atoms with Crippen LogP contribution in [-0.2, 0) is 6.54 Å². The van der Waals surface area contributed by atoms with Crippen molar-refractivity contribution in [2.45, 2.75) is 25.9 Å². The zero-order chi connectivity index (χ0) is 14.8. The van der Waals surface area contributed by atoms with E-state index in [9.17, 15) is 4.79 Å². The van der Waals surface area contributed by atoms with E-state index in [-0.39, 0.29) is 11.2 Å². The Labute approximate surface area is 119 Å². The van der Waals surface area contributed by atoms with Crippen LogP contribution in [0, 0.1) is 0 Å². The van der Waals surface area contributed by atoms with Crippen LogP contribution in [0.5, 0.6) is 0 Å². The molecule has 2 aromatic rings. The van der Waals surface area contributed by atoms with Crippen molar-refractivity contribution in [3.05, 3.63) is 34.7 Å². The number of aromatic nitrogens is 2. The van der Waals surface area contributed by atoms with Crippen molar-refractivity contribution in [3.63, 3.8) is 0 Å². The lowest BCUT2D eigenvalue weighted by molar-refractivity contribution is 0.190. The third-order valence-corrected chi connectivity index (χ3v) is 3.96. The standard InChI is InChI=1S/C15H24N4O/c1-15(2,18(3)4)11-16-9-10-19-13-8-6-5-7-12(13)17-14(19)20/h5-8,16H,9-11H2,1-4H3,(H,17,20). The highest BCUT2D eigenvalue weighted by Gasteiger charge is 2.19. The molecule has 110 valence electrons. The topological polar surface area (TPSA) is 53.1 Å². The van der Waals surface area contributed by atoms with Gasteiger partial charge < -0.3 is 15.2 Å². The van der Waals surface area contributed by atoms with Crippen LogP contribution in [0.25, 0.3) is 11.0 Å². The number of imidazole rings is 1. The van der Waals surface area contributed by atoms with Gasteiger partial charge in [-0.2, -0.15) is 0 Å². The minimum atomic E-state index is -0.0418. The van der Waals surface area contributed by atoms with Gasteiger partial charge in [0.2, 0.25) is 0 Å². The van der Waals surface area contributed by atoms with Gasteiger partial charge in [-0.1, -0.05) is 12.1 Å². The molecule has 0 radical (unpaired) electrons. The van der Waals surface area contributed by atoms with E-state index in [2.05, 4.69) is 43.1 Å². The molecule has 0 atom stereocenters. The average Bonchev–Trinajstić information content (AvgIpc) is 2.70. The second kappa shape index (κ2) is 5.81. The third kappa shape index (κ3) is 3.11. The highest BCUT2D eigenvalue weighted by molar-refractivity contribution is 5.74. The Morgan fingerprint density at radius 2 is 2.00 bits per heavy atom. The van der Waals surface area contributed by atoms with Gasteiger partial charge in [0.25, 0.3) is 0 Å². The number of para-hydroxylation sites is 2. The number of hydrogen-bond acceptors (Lipinski definition) is 3. The number of aromatic amines is 1. The summed E-state index contributed by atoms with van der Waals surface area (Å²) in [6.45, 7) is 6.72. The van der Waals surface area contributed by atoms with Crippen LogP contribution in [0.1, 0.15) is 13.8 Å². The van der Waals surface area contributed by atoms with E-state index in [1.807, 2.05) is 24.3 Å². The maximum absolute atomic E-state index is 11.9. The molecule has 0 aliphatic rings. The van der Waals surface area contributed by atoms with Crippen LogP contribution in [0.2, 0.25) is 0 Å². The summed E-state index contributed by atoms with van der Waals surface area (Å²) >= 11 is 0. The minimum Gasteiger partial charge on any atom is -0.313 e.